The largest absolute Gasteiger partial charge is 0.357 e. The van der Waals surface area contributed by atoms with Crippen LogP contribution >= 0.6 is 11.6 Å². The topological polar surface area (TPSA) is 60.2 Å². The van der Waals surface area contributed by atoms with Crippen molar-refractivity contribution in [3.05, 3.63) is 58.3 Å². The van der Waals surface area contributed by atoms with Crippen LogP contribution in [0.3, 0.4) is 0 Å². The van der Waals surface area contributed by atoms with Crippen molar-refractivity contribution in [2.45, 2.75) is 18.5 Å². The SMILES string of the molecule is Cc1cc(-c2noc(CF)c2-c2cc(F)c(S(C)(=O)=O)cc2F)ccc1Cl. The summed E-state index contributed by atoms with van der Waals surface area (Å²) in [6.07, 6.45) is 0.763. The van der Waals surface area contributed by atoms with Crippen LogP contribution in [0, 0.1) is 18.6 Å². The predicted molar refractivity (Wildman–Crippen MR) is 95.0 cm³/mol. The normalized spacial score (nSPS) is 11.8. The average Bonchev–Trinajstić information content (AvgIpc) is 3.01. The Balaban J connectivity index is 2.27. The van der Waals surface area contributed by atoms with Gasteiger partial charge in [0.15, 0.2) is 22.3 Å². The number of aryl methyl sites for hydroxylation is 1. The molecule has 0 unspecified atom stereocenters. The third-order valence-corrected chi connectivity index (χ3v) is 5.54. The van der Waals surface area contributed by atoms with Crippen molar-refractivity contribution in [1.82, 2.24) is 5.16 Å². The summed E-state index contributed by atoms with van der Waals surface area (Å²) in [6, 6.07) is 6.07. The maximum absolute atomic E-state index is 14.6. The van der Waals surface area contributed by atoms with Gasteiger partial charge in [0.1, 0.15) is 22.2 Å². The van der Waals surface area contributed by atoms with Crippen molar-refractivity contribution in [1.29, 1.82) is 0 Å². The molecule has 1 aromatic heterocycles. The van der Waals surface area contributed by atoms with Gasteiger partial charge in [-0.1, -0.05) is 22.8 Å². The number of aromatic nitrogens is 1. The van der Waals surface area contributed by atoms with E-state index in [4.69, 9.17) is 16.1 Å². The molecule has 0 spiro atoms. The summed E-state index contributed by atoms with van der Waals surface area (Å²) in [4.78, 5) is -0.786. The number of hydrogen-bond donors (Lipinski definition) is 0. The highest BCUT2D eigenvalue weighted by Gasteiger charge is 2.25. The van der Waals surface area contributed by atoms with Gasteiger partial charge in [0.25, 0.3) is 0 Å². The van der Waals surface area contributed by atoms with Crippen molar-refractivity contribution in [3.63, 3.8) is 0 Å². The summed E-state index contributed by atoms with van der Waals surface area (Å²) in [5.74, 6) is -2.50. The van der Waals surface area contributed by atoms with E-state index in [-0.39, 0.29) is 22.6 Å². The van der Waals surface area contributed by atoms with Gasteiger partial charge in [-0.05, 0) is 36.8 Å². The molecule has 0 fully saturated rings. The predicted octanol–water partition coefficient (Wildman–Crippen LogP) is 5.12. The first-order chi connectivity index (χ1) is 12.6. The van der Waals surface area contributed by atoms with Crippen LogP contribution in [0.15, 0.2) is 39.8 Å². The van der Waals surface area contributed by atoms with Gasteiger partial charge in [-0.3, -0.25) is 0 Å². The van der Waals surface area contributed by atoms with Crippen molar-refractivity contribution in [2.24, 2.45) is 0 Å². The number of benzene rings is 2. The molecule has 0 radical (unpaired) electrons. The minimum absolute atomic E-state index is 0.0873. The van der Waals surface area contributed by atoms with Gasteiger partial charge in [0.05, 0.1) is 5.56 Å². The highest BCUT2D eigenvalue weighted by Crippen LogP contribution is 2.38. The molecular weight excluding hydrogens is 403 g/mol. The quantitative estimate of drug-likeness (QED) is 0.593. The van der Waals surface area contributed by atoms with E-state index in [1.54, 1.807) is 25.1 Å². The Morgan fingerprint density at radius 1 is 1.15 bits per heavy atom. The molecule has 0 amide bonds. The molecule has 0 saturated carbocycles. The fraction of sp³-hybridized carbons (Fsp3) is 0.167. The van der Waals surface area contributed by atoms with Crippen molar-refractivity contribution in [2.75, 3.05) is 6.26 Å². The van der Waals surface area contributed by atoms with Gasteiger partial charge in [-0.25, -0.2) is 21.6 Å². The molecule has 0 saturated heterocycles. The zero-order chi connectivity index (χ0) is 19.9. The molecule has 1 heterocycles. The second-order valence-electron chi connectivity index (χ2n) is 5.96. The van der Waals surface area contributed by atoms with E-state index < -0.39 is 33.0 Å². The molecule has 9 heteroatoms. The highest BCUT2D eigenvalue weighted by atomic mass is 35.5. The second kappa shape index (κ2) is 7.01. The fourth-order valence-corrected chi connectivity index (χ4v) is 3.53. The van der Waals surface area contributed by atoms with E-state index in [1.807, 2.05) is 0 Å². The van der Waals surface area contributed by atoms with Crippen LogP contribution in [0.5, 0.6) is 0 Å². The molecule has 0 N–H and O–H groups in total. The van der Waals surface area contributed by atoms with E-state index in [0.717, 1.165) is 6.26 Å². The van der Waals surface area contributed by atoms with Gasteiger partial charge >= 0.3 is 0 Å². The monoisotopic (exact) mass is 415 g/mol. The number of halogens is 4. The average molecular weight is 416 g/mol. The fourth-order valence-electron chi connectivity index (χ4n) is 2.69. The van der Waals surface area contributed by atoms with E-state index >= 15 is 0 Å². The summed E-state index contributed by atoms with van der Waals surface area (Å²) in [7, 11) is -3.97. The van der Waals surface area contributed by atoms with Gasteiger partial charge in [-0.2, -0.15) is 0 Å². The van der Waals surface area contributed by atoms with E-state index in [2.05, 4.69) is 5.16 Å². The molecule has 3 rings (SSSR count). The third-order valence-electron chi connectivity index (χ3n) is 4.01. The van der Waals surface area contributed by atoms with Crippen LogP contribution in [-0.4, -0.2) is 19.8 Å². The maximum Gasteiger partial charge on any atom is 0.178 e. The van der Waals surface area contributed by atoms with Gasteiger partial charge in [0.2, 0.25) is 0 Å². The summed E-state index contributed by atoms with van der Waals surface area (Å²) < 4.78 is 70.4. The molecule has 0 aliphatic carbocycles. The second-order valence-corrected chi connectivity index (χ2v) is 8.35. The van der Waals surface area contributed by atoms with Gasteiger partial charge in [-0.15, -0.1) is 0 Å². The molecule has 27 heavy (non-hydrogen) atoms. The first kappa shape index (κ1) is 19.4. The van der Waals surface area contributed by atoms with Crippen LogP contribution < -0.4 is 0 Å². The number of sulfone groups is 1. The number of alkyl halides is 1. The maximum atomic E-state index is 14.6. The molecule has 0 atom stereocenters. The lowest BCUT2D eigenvalue weighted by Crippen LogP contribution is -2.03. The first-order valence-electron chi connectivity index (χ1n) is 7.64. The van der Waals surface area contributed by atoms with Crippen LogP contribution in [0.2, 0.25) is 5.02 Å². The molecule has 0 bridgehead atoms. The smallest absolute Gasteiger partial charge is 0.178 e. The molecule has 3 aromatic rings. The zero-order valence-electron chi connectivity index (χ0n) is 14.2. The lowest BCUT2D eigenvalue weighted by atomic mass is 9.98. The number of nitrogens with zero attached hydrogens (tertiary/aromatic N) is 1. The van der Waals surface area contributed by atoms with Gasteiger partial charge in [0, 0.05) is 22.4 Å². The Morgan fingerprint density at radius 2 is 1.85 bits per heavy atom. The van der Waals surface area contributed by atoms with Crippen LogP contribution in [0.25, 0.3) is 22.4 Å². The Kier molecular flexibility index (Phi) is 5.05. The molecule has 0 aliphatic heterocycles. The van der Waals surface area contributed by atoms with E-state index in [0.29, 0.717) is 28.3 Å². The molecule has 142 valence electrons. The highest BCUT2D eigenvalue weighted by molar-refractivity contribution is 7.90. The Morgan fingerprint density at radius 3 is 2.44 bits per heavy atom. The van der Waals surface area contributed by atoms with E-state index in [1.165, 1.54) is 0 Å². The lowest BCUT2D eigenvalue weighted by Gasteiger charge is -2.09. The Labute approximate surface area is 158 Å². The minimum atomic E-state index is -3.97. The molecule has 4 nitrogen and oxygen atoms in total. The summed E-state index contributed by atoms with van der Waals surface area (Å²) in [6.45, 7) is 0.632. The molecule has 2 aromatic carbocycles. The van der Waals surface area contributed by atoms with E-state index in [9.17, 15) is 21.6 Å². The Hall–Kier alpha value is -2.32. The van der Waals surface area contributed by atoms with Crippen LogP contribution in [0.4, 0.5) is 13.2 Å². The number of hydrogen-bond acceptors (Lipinski definition) is 4. The van der Waals surface area contributed by atoms with Gasteiger partial charge < -0.3 is 4.52 Å². The van der Waals surface area contributed by atoms with Crippen LogP contribution in [-0.2, 0) is 16.5 Å². The third kappa shape index (κ3) is 3.59. The minimum Gasteiger partial charge on any atom is -0.357 e. The summed E-state index contributed by atoms with van der Waals surface area (Å²) in [5.41, 5.74) is 0.811. The van der Waals surface area contributed by atoms with Crippen LogP contribution in [0.1, 0.15) is 11.3 Å². The van der Waals surface area contributed by atoms with Crippen molar-refractivity contribution >= 4 is 21.4 Å². The lowest BCUT2D eigenvalue weighted by molar-refractivity contribution is 0.332. The standard InChI is InChI=1S/C18H13ClF3NO3S/c1-9-5-10(3-4-12(9)19)18-17(15(8-20)26-23-18)11-6-14(22)16(7-13(11)21)27(2,24)25/h3-7H,8H2,1-2H3. The van der Waals surface area contributed by atoms with Crippen molar-refractivity contribution in [3.8, 4) is 22.4 Å². The number of rotatable bonds is 4. The van der Waals surface area contributed by atoms with Crippen molar-refractivity contribution < 1.29 is 26.1 Å². The summed E-state index contributed by atoms with van der Waals surface area (Å²) >= 11 is 5.99. The molecule has 0 aliphatic rings. The molecular formula is C18H13ClF3NO3S. The summed E-state index contributed by atoms with van der Waals surface area (Å²) in [5, 5.41) is 4.27. The zero-order valence-corrected chi connectivity index (χ0v) is 15.8. The first-order valence-corrected chi connectivity index (χ1v) is 9.91. The Bertz CT molecular complexity index is 1140.